The van der Waals surface area contributed by atoms with Gasteiger partial charge in [-0.2, -0.15) is 4.98 Å². The lowest BCUT2D eigenvalue weighted by Crippen LogP contribution is -2.34. The third-order valence-electron chi connectivity index (χ3n) is 4.46. The zero-order valence-electron chi connectivity index (χ0n) is 13.4. The van der Waals surface area contributed by atoms with Gasteiger partial charge in [0.25, 0.3) is 5.89 Å². The highest BCUT2D eigenvalue weighted by Crippen LogP contribution is 2.33. The average Bonchev–Trinajstić information content (AvgIpc) is 3.23. The summed E-state index contributed by atoms with van der Waals surface area (Å²) >= 11 is 0. The number of aryl methyl sites for hydroxylation is 1. The predicted octanol–water partition coefficient (Wildman–Crippen LogP) is 2.30. The maximum absolute atomic E-state index is 11.9. The standard InChI is InChI=1S/C16H19N3O4S/c1-24(20,21)19-8-2-4-11-10-12(6-7-13(11)19)16-17-15(18-23-16)14-5-3-9-22-14/h6-7,10,14H,2-5,8-9H2,1H3. The van der Waals surface area contributed by atoms with Crippen molar-refractivity contribution in [1.82, 2.24) is 10.1 Å². The first-order chi connectivity index (χ1) is 11.5. The summed E-state index contributed by atoms with van der Waals surface area (Å²) in [5.74, 6) is 1.03. The van der Waals surface area contributed by atoms with Crippen LogP contribution in [0.5, 0.6) is 0 Å². The van der Waals surface area contributed by atoms with Crippen LogP contribution >= 0.6 is 0 Å². The number of rotatable bonds is 3. The van der Waals surface area contributed by atoms with E-state index in [1.54, 1.807) is 0 Å². The van der Waals surface area contributed by atoms with E-state index in [1.165, 1.54) is 10.6 Å². The Morgan fingerprint density at radius 3 is 2.92 bits per heavy atom. The molecule has 0 bridgehead atoms. The number of hydrogen-bond acceptors (Lipinski definition) is 6. The van der Waals surface area contributed by atoms with E-state index in [0.717, 1.165) is 49.1 Å². The van der Waals surface area contributed by atoms with Crippen molar-refractivity contribution >= 4 is 15.7 Å². The number of anilines is 1. The largest absolute Gasteiger partial charge is 0.370 e. The Morgan fingerprint density at radius 2 is 2.17 bits per heavy atom. The minimum atomic E-state index is -3.26. The average molecular weight is 349 g/mol. The first-order valence-corrected chi connectivity index (χ1v) is 9.93. The summed E-state index contributed by atoms with van der Waals surface area (Å²) in [6.45, 7) is 1.25. The van der Waals surface area contributed by atoms with Crippen LogP contribution in [0.15, 0.2) is 22.7 Å². The molecule has 2 aliphatic rings. The Morgan fingerprint density at radius 1 is 1.29 bits per heavy atom. The van der Waals surface area contributed by atoms with Crippen molar-refractivity contribution in [2.24, 2.45) is 0 Å². The Bertz CT molecular complexity index is 856. The SMILES string of the molecule is CS(=O)(=O)N1CCCc2cc(-c3nc(C4CCCO4)no3)ccc21. The van der Waals surface area contributed by atoms with E-state index in [9.17, 15) is 8.42 Å². The van der Waals surface area contributed by atoms with Gasteiger partial charge in [-0.3, -0.25) is 4.31 Å². The highest BCUT2D eigenvalue weighted by molar-refractivity contribution is 7.92. The molecule has 4 rings (SSSR count). The van der Waals surface area contributed by atoms with Crippen LogP contribution in [-0.4, -0.2) is 38.0 Å². The van der Waals surface area contributed by atoms with Crippen molar-refractivity contribution in [2.75, 3.05) is 23.7 Å². The number of fused-ring (bicyclic) bond motifs is 1. The molecule has 0 saturated carbocycles. The van der Waals surface area contributed by atoms with Crippen LogP contribution in [0.2, 0.25) is 0 Å². The fraction of sp³-hybridized carbons (Fsp3) is 0.500. The minimum absolute atomic E-state index is 0.0825. The summed E-state index contributed by atoms with van der Waals surface area (Å²) in [4.78, 5) is 4.44. The van der Waals surface area contributed by atoms with Crippen molar-refractivity contribution in [3.05, 3.63) is 29.6 Å². The van der Waals surface area contributed by atoms with E-state index in [-0.39, 0.29) is 6.10 Å². The molecule has 1 fully saturated rings. The third-order valence-corrected chi connectivity index (χ3v) is 5.64. The Balaban J connectivity index is 1.66. The number of benzene rings is 1. The van der Waals surface area contributed by atoms with Gasteiger partial charge in [-0.15, -0.1) is 0 Å². The van der Waals surface area contributed by atoms with Crippen molar-refractivity contribution in [1.29, 1.82) is 0 Å². The van der Waals surface area contributed by atoms with Crippen LogP contribution in [0.25, 0.3) is 11.5 Å². The van der Waals surface area contributed by atoms with E-state index in [4.69, 9.17) is 9.26 Å². The molecule has 24 heavy (non-hydrogen) atoms. The Hall–Kier alpha value is -1.93. The second-order valence-corrected chi connectivity index (χ2v) is 8.15. The fourth-order valence-electron chi connectivity index (χ4n) is 3.30. The molecule has 2 aliphatic heterocycles. The maximum atomic E-state index is 11.9. The van der Waals surface area contributed by atoms with Crippen LogP contribution in [-0.2, 0) is 21.2 Å². The van der Waals surface area contributed by atoms with Crippen molar-refractivity contribution < 1.29 is 17.7 Å². The second kappa shape index (κ2) is 5.86. The number of nitrogens with zero attached hydrogens (tertiary/aromatic N) is 3. The second-order valence-electron chi connectivity index (χ2n) is 6.24. The molecule has 128 valence electrons. The number of aromatic nitrogens is 2. The molecule has 0 aliphatic carbocycles. The highest BCUT2D eigenvalue weighted by atomic mass is 32.2. The van der Waals surface area contributed by atoms with E-state index in [2.05, 4.69) is 10.1 Å². The lowest BCUT2D eigenvalue weighted by Gasteiger charge is -2.29. The van der Waals surface area contributed by atoms with Gasteiger partial charge in [0.1, 0.15) is 6.10 Å². The molecule has 1 saturated heterocycles. The zero-order valence-corrected chi connectivity index (χ0v) is 14.3. The molecule has 1 aromatic heterocycles. The Kier molecular flexibility index (Phi) is 3.80. The van der Waals surface area contributed by atoms with Crippen molar-refractivity contribution in [2.45, 2.75) is 31.8 Å². The van der Waals surface area contributed by atoms with Crippen molar-refractivity contribution in [3.63, 3.8) is 0 Å². The predicted molar refractivity (Wildman–Crippen MR) is 88.2 cm³/mol. The Labute approximate surface area is 140 Å². The summed E-state index contributed by atoms with van der Waals surface area (Å²) in [6, 6.07) is 5.59. The van der Waals surface area contributed by atoms with Crippen LogP contribution < -0.4 is 4.31 Å². The van der Waals surface area contributed by atoms with Gasteiger partial charge in [-0.05, 0) is 49.4 Å². The fourth-order valence-corrected chi connectivity index (χ4v) is 4.30. The molecule has 0 radical (unpaired) electrons. The molecule has 0 amide bonds. The third kappa shape index (κ3) is 2.80. The molecule has 0 spiro atoms. The molecular weight excluding hydrogens is 330 g/mol. The molecular formula is C16H19N3O4S. The van der Waals surface area contributed by atoms with Gasteiger partial charge in [-0.25, -0.2) is 8.42 Å². The van der Waals surface area contributed by atoms with Gasteiger partial charge < -0.3 is 9.26 Å². The molecule has 3 heterocycles. The van der Waals surface area contributed by atoms with E-state index in [0.29, 0.717) is 18.3 Å². The molecule has 7 nitrogen and oxygen atoms in total. The summed E-state index contributed by atoms with van der Waals surface area (Å²) in [7, 11) is -3.26. The van der Waals surface area contributed by atoms with Gasteiger partial charge in [-0.1, -0.05) is 5.16 Å². The molecule has 2 aromatic rings. The van der Waals surface area contributed by atoms with Crippen LogP contribution in [0.3, 0.4) is 0 Å². The number of ether oxygens (including phenoxy) is 1. The van der Waals surface area contributed by atoms with Gasteiger partial charge >= 0.3 is 0 Å². The smallest absolute Gasteiger partial charge is 0.258 e. The summed E-state index contributed by atoms with van der Waals surface area (Å²) < 4.78 is 36.3. The topological polar surface area (TPSA) is 85.5 Å². The normalized spacial score (nSPS) is 21.0. The molecule has 1 aromatic carbocycles. The van der Waals surface area contributed by atoms with Gasteiger partial charge in [0.05, 0.1) is 11.9 Å². The quantitative estimate of drug-likeness (QED) is 0.845. The van der Waals surface area contributed by atoms with Crippen LogP contribution in [0.4, 0.5) is 5.69 Å². The monoisotopic (exact) mass is 349 g/mol. The highest BCUT2D eigenvalue weighted by Gasteiger charge is 2.26. The minimum Gasteiger partial charge on any atom is -0.370 e. The lowest BCUT2D eigenvalue weighted by atomic mass is 10.0. The number of hydrogen-bond donors (Lipinski definition) is 0. The van der Waals surface area contributed by atoms with Crippen LogP contribution in [0, 0.1) is 0 Å². The summed E-state index contributed by atoms with van der Waals surface area (Å²) in [5, 5.41) is 4.02. The molecule has 1 unspecified atom stereocenters. The molecule has 1 atom stereocenters. The van der Waals surface area contributed by atoms with E-state index < -0.39 is 10.0 Å². The first kappa shape index (κ1) is 15.6. The van der Waals surface area contributed by atoms with E-state index in [1.807, 2.05) is 18.2 Å². The van der Waals surface area contributed by atoms with Crippen molar-refractivity contribution in [3.8, 4) is 11.5 Å². The maximum Gasteiger partial charge on any atom is 0.258 e. The summed E-state index contributed by atoms with van der Waals surface area (Å²) in [5.41, 5.74) is 2.54. The van der Waals surface area contributed by atoms with E-state index >= 15 is 0 Å². The zero-order chi connectivity index (χ0) is 16.7. The first-order valence-electron chi connectivity index (χ1n) is 8.08. The summed E-state index contributed by atoms with van der Waals surface area (Å²) in [6.07, 6.45) is 4.71. The number of sulfonamides is 1. The van der Waals surface area contributed by atoms with Gasteiger partial charge in [0, 0.05) is 18.7 Å². The van der Waals surface area contributed by atoms with Gasteiger partial charge in [0.2, 0.25) is 15.8 Å². The van der Waals surface area contributed by atoms with Crippen LogP contribution in [0.1, 0.15) is 36.8 Å². The molecule has 0 N–H and O–H groups in total. The lowest BCUT2D eigenvalue weighted by molar-refractivity contribution is 0.103. The van der Waals surface area contributed by atoms with Gasteiger partial charge in [0.15, 0.2) is 0 Å². The molecule has 8 heteroatoms.